The molecule has 23 heavy (non-hydrogen) atoms. The molecule has 1 atom stereocenters. The van der Waals surface area contributed by atoms with Gasteiger partial charge in [0.15, 0.2) is 0 Å². The third-order valence-corrected chi connectivity index (χ3v) is 6.69. The summed E-state index contributed by atoms with van der Waals surface area (Å²) in [5.74, 6) is -0.312. The van der Waals surface area contributed by atoms with Crippen LogP contribution in [-0.4, -0.2) is 38.9 Å². The number of nitrogens with one attached hydrogen (secondary N) is 1. The molecule has 3 N–H and O–H groups in total. The van der Waals surface area contributed by atoms with E-state index in [1.165, 1.54) is 24.1 Å². The molecule has 0 radical (unpaired) electrons. The van der Waals surface area contributed by atoms with Gasteiger partial charge in [-0.1, -0.05) is 25.3 Å². The maximum absolute atomic E-state index is 12.2. The molecular formula is C16H26N2O3S2. The minimum Gasteiger partial charge on any atom is -0.354 e. The molecule has 1 aliphatic rings. The molecule has 1 unspecified atom stereocenters. The molecular weight excluding hydrogens is 332 g/mol. The topological polar surface area (TPSA) is 89.3 Å². The van der Waals surface area contributed by atoms with Crippen molar-refractivity contribution in [1.29, 1.82) is 0 Å². The number of amides is 1. The summed E-state index contributed by atoms with van der Waals surface area (Å²) in [6, 6.07) is 3.43. The predicted octanol–water partition coefficient (Wildman–Crippen LogP) is 1.83. The number of nitrogens with two attached hydrogens (primary N) is 1. The molecule has 0 aliphatic heterocycles. The number of thiophene rings is 1. The van der Waals surface area contributed by atoms with E-state index < -0.39 is 15.9 Å². The van der Waals surface area contributed by atoms with Gasteiger partial charge in [-0.2, -0.15) is 0 Å². The lowest BCUT2D eigenvalue weighted by atomic mass is 9.73. The van der Waals surface area contributed by atoms with Crippen molar-refractivity contribution in [2.45, 2.75) is 50.0 Å². The summed E-state index contributed by atoms with van der Waals surface area (Å²) in [6.07, 6.45) is 7.07. The summed E-state index contributed by atoms with van der Waals surface area (Å²) < 4.78 is 22.4. The molecule has 7 heteroatoms. The lowest BCUT2D eigenvalue weighted by Crippen LogP contribution is -2.47. The van der Waals surface area contributed by atoms with Gasteiger partial charge in [-0.15, -0.1) is 11.3 Å². The Balaban J connectivity index is 1.95. The summed E-state index contributed by atoms with van der Waals surface area (Å²) in [6.45, 7) is 0.582. The maximum Gasteiger partial charge on any atom is 0.236 e. The van der Waals surface area contributed by atoms with E-state index in [0.29, 0.717) is 6.54 Å². The van der Waals surface area contributed by atoms with Crippen molar-refractivity contribution >= 4 is 27.1 Å². The Hall–Kier alpha value is -0.920. The van der Waals surface area contributed by atoms with Gasteiger partial charge in [-0.3, -0.25) is 4.79 Å². The van der Waals surface area contributed by atoms with Gasteiger partial charge in [-0.05, 0) is 30.7 Å². The number of hydrogen-bond donors (Lipinski definition) is 2. The first-order valence-electron chi connectivity index (χ1n) is 8.07. The summed E-state index contributed by atoms with van der Waals surface area (Å²) >= 11 is 1.74. The van der Waals surface area contributed by atoms with Crippen molar-refractivity contribution in [2.24, 2.45) is 5.73 Å². The molecule has 0 saturated heterocycles. The highest BCUT2D eigenvalue weighted by Crippen LogP contribution is 2.41. The fourth-order valence-electron chi connectivity index (χ4n) is 3.18. The molecule has 2 rings (SSSR count). The first-order valence-corrected chi connectivity index (χ1v) is 11.0. The maximum atomic E-state index is 12.2. The monoisotopic (exact) mass is 358 g/mol. The van der Waals surface area contributed by atoms with Gasteiger partial charge >= 0.3 is 0 Å². The van der Waals surface area contributed by atoms with Gasteiger partial charge in [-0.25, -0.2) is 8.42 Å². The molecule has 5 nitrogen and oxygen atoms in total. The van der Waals surface area contributed by atoms with Crippen LogP contribution in [-0.2, 0) is 20.0 Å². The normalized spacial score (nSPS) is 19.2. The van der Waals surface area contributed by atoms with E-state index in [2.05, 4.69) is 22.8 Å². The molecule has 1 aliphatic carbocycles. The van der Waals surface area contributed by atoms with Crippen LogP contribution in [0.25, 0.3) is 0 Å². The Kier molecular flexibility index (Phi) is 6.22. The van der Waals surface area contributed by atoms with Crippen LogP contribution in [0, 0.1) is 0 Å². The molecule has 0 bridgehead atoms. The number of rotatable bonds is 7. The zero-order chi connectivity index (χ0) is 16.9. The second-order valence-corrected chi connectivity index (χ2v) is 9.77. The summed E-state index contributed by atoms with van der Waals surface area (Å²) in [4.78, 5) is 13.5. The Morgan fingerprint density at radius 3 is 2.65 bits per heavy atom. The zero-order valence-corrected chi connectivity index (χ0v) is 15.2. The largest absolute Gasteiger partial charge is 0.354 e. The van der Waals surface area contributed by atoms with Gasteiger partial charge in [0.1, 0.15) is 9.84 Å². The average molecular weight is 359 g/mol. The Labute approximate surface area is 142 Å². The van der Waals surface area contributed by atoms with Gasteiger partial charge in [0, 0.05) is 23.1 Å². The van der Waals surface area contributed by atoms with Crippen LogP contribution in [0.3, 0.4) is 0 Å². The SMILES string of the molecule is CS(=O)(=O)CCC(N)C(=O)NCC1(c2cccs2)CCCCC1. The first-order chi connectivity index (χ1) is 10.8. The third-order valence-electron chi connectivity index (χ3n) is 4.59. The second-order valence-electron chi connectivity index (χ2n) is 6.56. The summed E-state index contributed by atoms with van der Waals surface area (Å²) in [5, 5.41) is 5.04. The lowest BCUT2D eigenvalue weighted by Gasteiger charge is -2.37. The molecule has 1 saturated carbocycles. The van der Waals surface area contributed by atoms with E-state index in [9.17, 15) is 13.2 Å². The van der Waals surface area contributed by atoms with E-state index in [-0.39, 0.29) is 23.5 Å². The predicted molar refractivity (Wildman–Crippen MR) is 94.4 cm³/mol. The smallest absolute Gasteiger partial charge is 0.236 e. The fourth-order valence-corrected chi connectivity index (χ4v) is 4.85. The summed E-state index contributed by atoms with van der Waals surface area (Å²) in [7, 11) is -3.09. The van der Waals surface area contributed by atoms with Crippen LogP contribution >= 0.6 is 11.3 Å². The number of carbonyl (C=O) groups excluding carboxylic acids is 1. The van der Waals surface area contributed by atoms with Crippen LogP contribution in [0.2, 0.25) is 0 Å². The highest BCUT2D eigenvalue weighted by molar-refractivity contribution is 7.90. The summed E-state index contributed by atoms with van der Waals surface area (Å²) in [5.41, 5.74) is 5.84. The van der Waals surface area contributed by atoms with Crippen LogP contribution in [0.5, 0.6) is 0 Å². The van der Waals surface area contributed by atoms with Crippen molar-refractivity contribution in [2.75, 3.05) is 18.6 Å². The van der Waals surface area contributed by atoms with Crippen molar-refractivity contribution in [3.05, 3.63) is 22.4 Å². The molecule has 1 aromatic rings. The van der Waals surface area contributed by atoms with E-state index in [1.54, 1.807) is 11.3 Å². The Morgan fingerprint density at radius 1 is 1.39 bits per heavy atom. The van der Waals surface area contributed by atoms with Crippen molar-refractivity contribution in [3.8, 4) is 0 Å². The third kappa shape index (κ3) is 5.29. The van der Waals surface area contributed by atoms with Crippen molar-refractivity contribution < 1.29 is 13.2 Å². The molecule has 1 aromatic heterocycles. The van der Waals surface area contributed by atoms with E-state index >= 15 is 0 Å². The van der Waals surface area contributed by atoms with Gasteiger partial charge in [0.25, 0.3) is 0 Å². The number of sulfone groups is 1. The molecule has 1 amide bonds. The van der Waals surface area contributed by atoms with Crippen LogP contribution < -0.4 is 11.1 Å². The minimum absolute atomic E-state index is 0.0125. The van der Waals surface area contributed by atoms with Crippen LogP contribution in [0.4, 0.5) is 0 Å². The minimum atomic E-state index is -3.09. The Bertz CT molecular complexity index is 605. The van der Waals surface area contributed by atoms with Gasteiger partial charge < -0.3 is 11.1 Å². The van der Waals surface area contributed by atoms with Crippen LogP contribution in [0.15, 0.2) is 17.5 Å². The van der Waals surface area contributed by atoms with Crippen molar-refractivity contribution in [1.82, 2.24) is 5.32 Å². The molecule has 130 valence electrons. The molecule has 1 heterocycles. The van der Waals surface area contributed by atoms with E-state index in [1.807, 2.05) is 0 Å². The number of carbonyl (C=O) groups is 1. The second kappa shape index (κ2) is 7.77. The van der Waals surface area contributed by atoms with Crippen molar-refractivity contribution in [3.63, 3.8) is 0 Å². The average Bonchev–Trinajstić information content (AvgIpc) is 3.05. The standard InChI is InChI=1S/C16H26N2O3S2/c1-23(20,21)11-7-13(17)15(19)18-12-16(8-3-2-4-9-16)14-6-5-10-22-14/h5-6,10,13H,2-4,7-9,11-12,17H2,1H3,(H,18,19). The number of hydrogen-bond acceptors (Lipinski definition) is 5. The fraction of sp³-hybridized carbons (Fsp3) is 0.688. The quantitative estimate of drug-likeness (QED) is 0.778. The molecule has 1 fully saturated rings. The molecule has 0 aromatic carbocycles. The van der Waals surface area contributed by atoms with Crippen LogP contribution in [0.1, 0.15) is 43.4 Å². The van der Waals surface area contributed by atoms with E-state index in [4.69, 9.17) is 5.73 Å². The molecule has 0 spiro atoms. The van der Waals surface area contributed by atoms with E-state index in [0.717, 1.165) is 19.1 Å². The zero-order valence-electron chi connectivity index (χ0n) is 13.6. The Morgan fingerprint density at radius 2 is 2.09 bits per heavy atom. The van der Waals surface area contributed by atoms with Gasteiger partial charge in [0.05, 0.1) is 11.8 Å². The first kappa shape index (κ1) is 18.4. The highest BCUT2D eigenvalue weighted by atomic mass is 32.2. The van der Waals surface area contributed by atoms with Gasteiger partial charge in [0.2, 0.25) is 5.91 Å². The highest BCUT2D eigenvalue weighted by Gasteiger charge is 2.35. The lowest BCUT2D eigenvalue weighted by molar-refractivity contribution is -0.122.